The van der Waals surface area contributed by atoms with E-state index in [2.05, 4.69) is 24.3 Å². The van der Waals surface area contributed by atoms with E-state index in [9.17, 15) is 4.79 Å². The van der Waals surface area contributed by atoms with Crippen molar-refractivity contribution < 1.29 is 56.9 Å². The minimum absolute atomic E-state index is 0.0304. The number of methoxy groups -OCH3 is 1. The summed E-state index contributed by atoms with van der Waals surface area (Å²) in [4.78, 5) is 13.9. The molecule has 9 aromatic carbocycles. The van der Waals surface area contributed by atoms with Crippen molar-refractivity contribution >= 4 is 5.97 Å². The highest BCUT2D eigenvalue weighted by atomic mass is 16.6. The fraction of sp³-hybridized carbons (Fsp3) is 0.286. The van der Waals surface area contributed by atoms with E-state index in [1.807, 2.05) is 243 Å². The molecule has 2 fully saturated rings. The predicted molar refractivity (Wildman–Crippen MR) is 340 cm³/mol. The largest absolute Gasteiger partial charge is 0.497 e. The van der Waals surface area contributed by atoms with Crippen LogP contribution in [-0.4, -0.2) is 87.3 Å². The lowest BCUT2D eigenvalue weighted by molar-refractivity contribution is -0.296. The first-order valence-corrected chi connectivity index (χ1v) is 30.7. The van der Waals surface area contributed by atoms with Crippen LogP contribution in [0.2, 0.25) is 0 Å². The van der Waals surface area contributed by atoms with Gasteiger partial charge in [-0.3, -0.25) is 4.79 Å². The van der Waals surface area contributed by atoms with Crippen LogP contribution in [0.1, 0.15) is 63.4 Å². The van der Waals surface area contributed by atoms with Crippen molar-refractivity contribution in [1.29, 1.82) is 0 Å². The molecule has 2 heterocycles. The summed E-state index contributed by atoms with van der Waals surface area (Å²) < 4.78 is 77.7. The lowest BCUT2D eigenvalue weighted by Gasteiger charge is -2.50. The Morgan fingerprint density at radius 1 is 0.348 bits per heavy atom. The molecule has 2 aliphatic heterocycles. The number of carbonyl (C=O) groups excluding carboxylic acids is 1. The molecule has 0 spiro atoms. The molecule has 0 N–H and O–H groups in total. The molecule has 10 atom stereocenters. The van der Waals surface area contributed by atoms with Crippen molar-refractivity contribution in [2.24, 2.45) is 0 Å². The summed E-state index contributed by atoms with van der Waals surface area (Å²) in [7, 11) is 1.66. The molecule has 0 bridgehead atoms. The van der Waals surface area contributed by atoms with Gasteiger partial charge in [-0.15, -0.1) is 0 Å². The summed E-state index contributed by atoms with van der Waals surface area (Å²) in [6, 6.07) is 88.6. The molecular formula is C77H78O12. The fourth-order valence-electron chi connectivity index (χ4n) is 12.0. The van der Waals surface area contributed by atoms with E-state index < -0.39 is 72.6 Å². The summed E-state index contributed by atoms with van der Waals surface area (Å²) >= 11 is 0. The first-order valence-electron chi connectivity index (χ1n) is 30.7. The van der Waals surface area contributed by atoms with Gasteiger partial charge in [0.15, 0.2) is 6.10 Å². The van der Waals surface area contributed by atoms with Gasteiger partial charge in [0.25, 0.3) is 0 Å². The van der Waals surface area contributed by atoms with Crippen LogP contribution in [0, 0.1) is 0 Å². The van der Waals surface area contributed by atoms with E-state index in [-0.39, 0.29) is 52.7 Å². The maximum absolute atomic E-state index is 13.9. The average molecular weight is 1200 g/mol. The van der Waals surface area contributed by atoms with E-state index in [0.717, 1.165) is 50.1 Å². The quantitative estimate of drug-likeness (QED) is 0.0328. The molecule has 458 valence electrons. The van der Waals surface area contributed by atoms with E-state index in [4.69, 9.17) is 52.1 Å². The molecular weight excluding hydrogens is 1120 g/mol. The Hall–Kier alpha value is -8.11. The van der Waals surface area contributed by atoms with Crippen molar-refractivity contribution in [2.75, 3.05) is 20.3 Å². The van der Waals surface area contributed by atoms with Crippen LogP contribution >= 0.6 is 0 Å². The third-order valence-electron chi connectivity index (χ3n) is 16.4. The number of benzene rings is 9. The standard InChI is InChI=1S/C77H78O12/c1-56(78)87-74-68(47-67-71(81-49-58-29-13-4-14-30-58)75(84-52-61-35-19-7-20-36-61)72(82-50-59-31-15-5-16-32-59)69(88-67)54-80-48-57-27-11-3-12-28-57)89-70(73(83-51-60-33-17-6-18-34-60)76(74)85-53-62-37-21-8-22-38-62)55-86-77(63-39-23-9-24-40-63,64-41-25-10-26-42-64)65-43-45-66(79-2)46-44-65/h3-46,67-76H,47-55H2,1-2H3/t67-,68+,69+,70+,71-,72+,73+,74+,75+,76-/m0/s1. The average Bonchev–Trinajstić information content (AvgIpc) is 1.23. The molecule has 12 heteroatoms. The van der Waals surface area contributed by atoms with E-state index in [1.165, 1.54) is 6.92 Å². The zero-order valence-corrected chi connectivity index (χ0v) is 50.4. The summed E-state index contributed by atoms with van der Waals surface area (Å²) in [5.41, 5.74) is 7.22. The number of ether oxygens (including phenoxy) is 11. The smallest absolute Gasteiger partial charge is 0.303 e. The monoisotopic (exact) mass is 1190 g/mol. The maximum atomic E-state index is 13.9. The van der Waals surface area contributed by atoms with E-state index in [1.54, 1.807) is 7.11 Å². The zero-order valence-electron chi connectivity index (χ0n) is 50.4. The van der Waals surface area contributed by atoms with E-state index in [0.29, 0.717) is 12.4 Å². The molecule has 2 aliphatic rings. The zero-order chi connectivity index (χ0) is 60.9. The fourth-order valence-corrected chi connectivity index (χ4v) is 12.0. The van der Waals surface area contributed by atoms with Crippen molar-refractivity contribution in [2.45, 2.75) is 120 Å². The second-order valence-electron chi connectivity index (χ2n) is 22.5. The lowest BCUT2D eigenvalue weighted by atomic mass is 9.80. The van der Waals surface area contributed by atoms with Crippen LogP contribution in [-0.2, 0) is 97.4 Å². The number of esters is 1. The van der Waals surface area contributed by atoms with Gasteiger partial charge in [-0.1, -0.05) is 255 Å². The van der Waals surface area contributed by atoms with Gasteiger partial charge < -0.3 is 52.1 Å². The second kappa shape index (κ2) is 31.9. The summed E-state index contributed by atoms with van der Waals surface area (Å²) in [6.45, 7) is 2.93. The highest BCUT2D eigenvalue weighted by molar-refractivity contribution is 5.66. The van der Waals surface area contributed by atoms with Gasteiger partial charge in [-0.25, -0.2) is 0 Å². The summed E-state index contributed by atoms with van der Waals surface area (Å²) in [6.07, 6.45) is -8.27. The molecule has 0 radical (unpaired) electrons. The van der Waals surface area contributed by atoms with Crippen LogP contribution in [0.3, 0.4) is 0 Å². The molecule has 0 aromatic heterocycles. The van der Waals surface area contributed by atoms with Crippen LogP contribution in [0.5, 0.6) is 5.75 Å². The van der Waals surface area contributed by atoms with Gasteiger partial charge in [0.05, 0.1) is 66.1 Å². The van der Waals surface area contributed by atoms with E-state index >= 15 is 0 Å². The summed E-state index contributed by atoms with van der Waals surface area (Å²) in [5, 5.41) is 0. The Labute approximate surface area is 523 Å². The number of hydrogen-bond donors (Lipinski definition) is 0. The number of hydrogen-bond acceptors (Lipinski definition) is 12. The van der Waals surface area contributed by atoms with Gasteiger partial charge >= 0.3 is 5.97 Å². The Bertz CT molecular complexity index is 3420. The van der Waals surface area contributed by atoms with Crippen LogP contribution in [0.15, 0.2) is 267 Å². The summed E-state index contributed by atoms with van der Waals surface area (Å²) in [5.74, 6) is 0.182. The van der Waals surface area contributed by atoms with Crippen LogP contribution in [0.25, 0.3) is 0 Å². The predicted octanol–water partition coefficient (Wildman–Crippen LogP) is 14.0. The minimum Gasteiger partial charge on any atom is -0.497 e. The Kier molecular flexibility index (Phi) is 22.4. The van der Waals surface area contributed by atoms with Crippen LogP contribution < -0.4 is 4.74 Å². The minimum atomic E-state index is -1.20. The molecule has 0 unspecified atom stereocenters. The molecule has 2 saturated heterocycles. The number of carbonyl (C=O) groups is 1. The van der Waals surface area contributed by atoms with Crippen molar-refractivity contribution in [3.05, 3.63) is 317 Å². The van der Waals surface area contributed by atoms with Gasteiger partial charge in [-0.05, 0) is 62.2 Å². The normalized spacial score (nSPS) is 21.8. The molecule has 0 saturated carbocycles. The van der Waals surface area contributed by atoms with Crippen LogP contribution in [0.4, 0.5) is 0 Å². The molecule has 9 aromatic rings. The topological polar surface area (TPSA) is 119 Å². The van der Waals surface area contributed by atoms with Gasteiger partial charge in [0.2, 0.25) is 0 Å². The molecule has 12 nitrogen and oxygen atoms in total. The molecule has 11 rings (SSSR count). The third kappa shape index (κ3) is 16.6. The molecule has 89 heavy (non-hydrogen) atoms. The first kappa shape index (κ1) is 62.5. The maximum Gasteiger partial charge on any atom is 0.303 e. The van der Waals surface area contributed by atoms with Gasteiger partial charge in [-0.2, -0.15) is 0 Å². The van der Waals surface area contributed by atoms with Crippen molar-refractivity contribution in [3.8, 4) is 5.75 Å². The second-order valence-corrected chi connectivity index (χ2v) is 22.5. The Balaban J connectivity index is 1.03. The highest BCUT2D eigenvalue weighted by Gasteiger charge is 2.55. The molecule has 0 amide bonds. The number of rotatable bonds is 29. The van der Waals surface area contributed by atoms with Crippen molar-refractivity contribution in [3.63, 3.8) is 0 Å². The van der Waals surface area contributed by atoms with Gasteiger partial charge in [0.1, 0.15) is 60.2 Å². The third-order valence-corrected chi connectivity index (χ3v) is 16.4. The first-order chi connectivity index (χ1) is 43.9. The molecule has 0 aliphatic carbocycles. The van der Waals surface area contributed by atoms with Gasteiger partial charge in [0, 0.05) is 13.3 Å². The SMILES string of the molecule is COc1ccc(C(OC[C@H]2O[C@H](C[C@@H]3O[C@H](COCc4ccccc4)[C@@H](OCc4ccccc4)[C@H](OCc4ccccc4)[C@H]3OCc3ccccc3)[C@@H](OC(C)=O)[C@@H](OCc3ccccc3)[C@@H]2OCc2ccccc2)(c2ccccc2)c2ccccc2)cc1. The Morgan fingerprint density at radius 2 is 0.652 bits per heavy atom. The highest BCUT2D eigenvalue weighted by Crippen LogP contribution is 2.44. The Morgan fingerprint density at radius 3 is 1.02 bits per heavy atom. The lowest BCUT2D eigenvalue weighted by Crippen LogP contribution is -2.65. The van der Waals surface area contributed by atoms with Crippen molar-refractivity contribution in [1.82, 2.24) is 0 Å².